The molecule has 0 aliphatic heterocycles. The van der Waals surface area contributed by atoms with Crippen molar-refractivity contribution in [1.29, 1.82) is 0 Å². The topological polar surface area (TPSA) is 60.4 Å². The van der Waals surface area contributed by atoms with Crippen molar-refractivity contribution < 1.29 is 22.3 Å². The van der Waals surface area contributed by atoms with Crippen LogP contribution in [-0.2, 0) is 19.4 Å². The molecule has 1 aliphatic carbocycles. The van der Waals surface area contributed by atoms with Crippen molar-refractivity contribution in [3.8, 4) is 0 Å². The molecule has 6 heteroatoms. The highest BCUT2D eigenvalue weighted by molar-refractivity contribution is 7.94. The summed E-state index contributed by atoms with van der Waals surface area (Å²) in [7, 11) is -2.65. The maximum Gasteiger partial charge on any atom is 0.327 e. The monoisotopic (exact) mass is 238 g/mol. The highest BCUT2D eigenvalue weighted by atomic mass is 32.2. The van der Waals surface area contributed by atoms with Crippen LogP contribution in [0.4, 0.5) is 4.39 Å². The molecule has 4 nitrogen and oxygen atoms in total. The molecule has 0 aromatic rings. The van der Waals surface area contributed by atoms with Crippen molar-refractivity contribution >= 4 is 15.8 Å². The van der Waals surface area contributed by atoms with Crippen LogP contribution in [-0.4, -0.2) is 37.7 Å². The lowest BCUT2D eigenvalue weighted by atomic mass is 10.3. The van der Waals surface area contributed by atoms with Gasteiger partial charge in [-0.05, 0) is 26.7 Å². The smallest absolute Gasteiger partial charge is 0.327 e. The summed E-state index contributed by atoms with van der Waals surface area (Å²) in [6, 6.07) is 0. The van der Waals surface area contributed by atoms with Gasteiger partial charge in [0.2, 0.25) is 0 Å². The molecule has 0 radical (unpaired) electrons. The first-order chi connectivity index (χ1) is 6.79. The number of carbonyl (C=O) groups is 1. The van der Waals surface area contributed by atoms with E-state index in [4.69, 9.17) is 0 Å². The third-order valence-corrected chi connectivity index (χ3v) is 5.96. The average Bonchev–Trinajstić information content (AvgIpc) is 2.96. The Kier molecular flexibility index (Phi) is 3.09. The quantitative estimate of drug-likeness (QED) is 0.681. The molecule has 15 heavy (non-hydrogen) atoms. The first-order valence-corrected chi connectivity index (χ1v) is 6.30. The van der Waals surface area contributed by atoms with E-state index in [1.807, 2.05) is 0 Å². The molecule has 1 unspecified atom stereocenters. The van der Waals surface area contributed by atoms with E-state index in [-0.39, 0.29) is 12.8 Å². The highest BCUT2D eigenvalue weighted by Gasteiger charge is 2.63. The Morgan fingerprint density at radius 2 is 1.87 bits per heavy atom. The zero-order chi connectivity index (χ0) is 11.9. The van der Waals surface area contributed by atoms with Crippen molar-refractivity contribution in [3.63, 3.8) is 0 Å². The van der Waals surface area contributed by atoms with E-state index in [9.17, 15) is 17.6 Å². The molecule has 0 heterocycles. The maximum absolute atomic E-state index is 13.0. The average molecular weight is 238 g/mol. The van der Waals surface area contributed by atoms with Crippen LogP contribution in [0, 0.1) is 0 Å². The van der Waals surface area contributed by atoms with Crippen molar-refractivity contribution in [2.45, 2.75) is 42.9 Å². The molecule has 0 spiro atoms. The van der Waals surface area contributed by atoms with Gasteiger partial charge in [0.1, 0.15) is 6.17 Å². The Balaban J connectivity index is 3.02. The SMILES string of the molecule is COC(=O)C1(S(=O)(=O)C(C)[C@H](C)F)CC1. The largest absolute Gasteiger partial charge is 0.468 e. The summed E-state index contributed by atoms with van der Waals surface area (Å²) >= 11 is 0. The van der Waals surface area contributed by atoms with Crippen LogP contribution in [0.2, 0.25) is 0 Å². The number of hydrogen-bond acceptors (Lipinski definition) is 4. The number of methoxy groups -OCH3 is 1. The van der Waals surface area contributed by atoms with Gasteiger partial charge in [-0.1, -0.05) is 0 Å². The number of esters is 1. The maximum atomic E-state index is 13.0. The van der Waals surface area contributed by atoms with Gasteiger partial charge in [-0.15, -0.1) is 0 Å². The van der Waals surface area contributed by atoms with Crippen LogP contribution in [0.15, 0.2) is 0 Å². The molecule has 0 bridgehead atoms. The molecule has 0 saturated heterocycles. The van der Waals surface area contributed by atoms with E-state index in [0.29, 0.717) is 0 Å². The molecule has 0 aromatic heterocycles. The fourth-order valence-electron chi connectivity index (χ4n) is 1.51. The fourth-order valence-corrected chi connectivity index (χ4v) is 3.70. The van der Waals surface area contributed by atoms with Crippen molar-refractivity contribution in [3.05, 3.63) is 0 Å². The molecule has 1 rings (SSSR count). The molecule has 1 saturated carbocycles. The zero-order valence-corrected chi connectivity index (χ0v) is 9.80. The first kappa shape index (κ1) is 12.4. The normalized spacial score (nSPS) is 22.9. The number of halogens is 1. The number of carbonyl (C=O) groups excluding carboxylic acids is 1. The second-order valence-corrected chi connectivity index (χ2v) is 6.53. The van der Waals surface area contributed by atoms with Crippen LogP contribution in [0.3, 0.4) is 0 Å². The van der Waals surface area contributed by atoms with Crippen molar-refractivity contribution in [2.75, 3.05) is 7.11 Å². The number of ether oxygens (including phenoxy) is 1. The lowest BCUT2D eigenvalue weighted by Gasteiger charge is -2.20. The Hall–Kier alpha value is -0.650. The second-order valence-electron chi connectivity index (χ2n) is 3.91. The summed E-state index contributed by atoms with van der Waals surface area (Å²) < 4.78 is 39.8. The van der Waals surface area contributed by atoms with Crippen LogP contribution < -0.4 is 0 Å². The lowest BCUT2D eigenvalue weighted by molar-refractivity contribution is -0.141. The van der Waals surface area contributed by atoms with Crippen molar-refractivity contribution in [1.82, 2.24) is 0 Å². The van der Waals surface area contributed by atoms with E-state index in [0.717, 1.165) is 7.11 Å². The van der Waals surface area contributed by atoms with Gasteiger partial charge < -0.3 is 4.74 Å². The summed E-state index contributed by atoms with van der Waals surface area (Å²) in [5.74, 6) is -0.769. The minimum absolute atomic E-state index is 0.235. The number of sulfone groups is 1. The van der Waals surface area contributed by atoms with Gasteiger partial charge in [0.25, 0.3) is 0 Å². The number of alkyl halides is 1. The van der Waals surface area contributed by atoms with E-state index < -0.39 is 32.0 Å². The van der Waals surface area contributed by atoms with Crippen LogP contribution in [0.5, 0.6) is 0 Å². The molecule has 2 atom stereocenters. The number of rotatable bonds is 4. The van der Waals surface area contributed by atoms with Gasteiger partial charge in [0.15, 0.2) is 14.6 Å². The van der Waals surface area contributed by atoms with Gasteiger partial charge in [-0.25, -0.2) is 12.8 Å². The molecule has 0 amide bonds. The zero-order valence-electron chi connectivity index (χ0n) is 8.99. The lowest BCUT2D eigenvalue weighted by Crippen LogP contribution is -2.42. The molecule has 0 aromatic carbocycles. The minimum Gasteiger partial charge on any atom is -0.468 e. The Labute approximate surface area is 88.7 Å². The third kappa shape index (κ3) is 1.75. The second kappa shape index (κ2) is 3.73. The molecule has 1 aliphatic rings. The van der Waals surface area contributed by atoms with Gasteiger partial charge in [0.05, 0.1) is 12.4 Å². The Bertz CT molecular complexity index is 356. The highest BCUT2D eigenvalue weighted by Crippen LogP contribution is 2.47. The molecule has 1 fully saturated rings. The summed E-state index contributed by atoms with van der Waals surface area (Å²) in [5, 5.41) is -1.17. The van der Waals surface area contributed by atoms with E-state index in [1.165, 1.54) is 13.8 Å². The standard InChI is InChI=1S/C9H15FO4S/c1-6(10)7(2)15(12,13)9(4-5-9)8(11)14-3/h6-7H,4-5H2,1-3H3/t6-,7?/m0/s1. The van der Waals surface area contributed by atoms with Crippen LogP contribution in [0.1, 0.15) is 26.7 Å². The third-order valence-electron chi connectivity index (χ3n) is 2.94. The molecular formula is C9H15FO4S. The van der Waals surface area contributed by atoms with E-state index in [2.05, 4.69) is 4.74 Å². The van der Waals surface area contributed by atoms with Gasteiger partial charge in [-0.2, -0.15) is 0 Å². The Morgan fingerprint density at radius 3 is 2.13 bits per heavy atom. The summed E-state index contributed by atoms with van der Waals surface area (Å²) in [5.41, 5.74) is 0. The van der Waals surface area contributed by atoms with Crippen molar-refractivity contribution in [2.24, 2.45) is 0 Å². The van der Waals surface area contributed by atoms with E-state index >= 15 is 0 Å². The first-order valence-electron chi connectivity index (χ1n) is 4.75. The minimum atomic E-state index is -3.79. The Morgan fingerprint density at radius 1 is 1.40 bits per heavy atom. The molecule has 88 valence electrons. The van der Waals surface area contributed by atoms with Gasteiger partial charge >= 0.3 is 5.97 Å². The molecular weight excluding hydrogens is 223 g/mol. The van der Waals surface area contributed by atoms with Gasteiger partial charge in [0, 0.05) is 0 Å². The number of hydrogen-bond donors (Lipinski definition) is 0. The predicted octanol–water partition coefficient (Wildman–Crippen LogP) is 0.853. The summed E-state index contributed by atoms with van der Waals surface area (Å²) in [6.07, 6.45) is -1.02. The van der Waals surface area contributed by atoms with Crippen LogP contribution >= 0.6 is 0 Å². The van der Waals surface area contributed by atoms with Gasteiger partial charge in [-0.3, -0.25) is 4.79 Å². The summed E-state index contributed by atoms with van der Waals surface area (Å²) in [4.78, 5) is 11.3. The molecule has 0 N–H and O–H groups in total. The van der Waals surface area contributed by atoms with E-state index in [1.54, 1.807) is 0 Å². The fraction of sp³-hybridized carbons (Fsp3) is 0.889. The summed E-state index contributed by atoms with van der Waals surface area (Å²) in [6.45, 7) is 2.46. The predicted molar refractivity (Wildman–Crippen MR) is 52.9 cm³/mol. The van der Waals surface area contributed by atoms with Crippen LogP contribution in [0.25, 0.3) is 0 Å².